The van der Waals surface area contributed by atoms with Crippen LogP contribution in [-0.2, 0) is 16.0 Å². The minimum Gasteiger partial charge on any atom is -0.369 e. The van der Waals surface area contributed by atoms with Crippen LogP contribution in [0.5, 0.6) is 0 Å². The molecule has 9 heteroatoms. The summed E-state index contributed by atoms with van der Waals surface area (Å²) < 4.78 is 0. The van der Waals surface area contributed by atoms with Gasteiger partial charge in [0.15, 0.2) is 5.13 Å². The number of anilines is 1. The van der Waals surface area contributed by atoms with Crippen LogP contribution >= 0.6 is 11.3 Å². The summed E-state index contributed by atoms with van der Waals surface area (Å²) in [6.07, 6.45) is 6.57. The Labute approximate surface area is 151 Å². The van der Waals surface area contributed by atoms with E-state index < -0.39 is 5.91 Å². The fourth-order valence-corrected chi connectivity index (χ4v) is 3.47. The van der Waals surface area contributed by atoms with Gasteiger partial charge in [0.1, 0.15) is 0 Å². The van der Waals surface area contributed by atoms with E-state index in [0.717, 1.165) is 12.8 Å². The highest BCUT2D eigenvalue weighted by Gasteiger charge is 2.15. The van der Waals surface area contributed by atoms with Crippen molar-refractivity contribution < 1.29 is 14.4 Å². The zero-order valence-corrected chi connectivity index (χ0v) is 15.0. The van der Waals surface area contributed by atoms with E-state index in [2.05, 4.69) is 20.9 Å². The second-order valence-corrected chi connectivity index (χ2v) is 7.03. The van der Waals surface area contributed by atoms with Crippen molar-refractivity contribution in [3.63, 3.8) is 0 Å². The summed E-state index contributed by atoms with van der Waals surface area (Å²) in [7, 11) is 0. The largest absolute Gasteiger partial charge is 0.369 e. The number of primary amides is 1. The Morgan fingerprint density at radius 1 is 1.24 bits per heavy atom. The van der Waals surface area contributed by atoms with E-state index in [-0.39, 0.29) is 30.8 Å². The number of aromatic nitrogens is 1. The molecule has 138 valence electrons. The molecule has 1 heterocycles. The summed E-state index contributed by atoms with van der Waals surface area (Å²) in [6.45, 7) is 0.441. The van der Waals surface area contributed by atoms with Crippen molar-refractivity contribution in [3.05, 3.63) is 11.1 Å². The van der Waals surface area contributed by atoms with Gasteiger partial charge in [0, 0.05) is 24.4 Å². The van der Waals surface area contributed by atoms with Crippen LogP contribution in [0.4, 0.5) is 9.93 Å². The van der Waals surface area contributed by atoms with Crippen LogP contribution in [-0.4, -0.2) is 35.4 Å². The van der Waals surface area contributed by atoms with Gasteiger partial charge in [0.2, 0.25) is 11.8 Å². The maximum Gasteiger partial charge on any atom is 0.315 e. The van der Waals surface area contributed by atoms with Crippen LogP contribution in [0.3, 0.4) is 0 Å². The maximum atomic E-state index is 11.8. The third-order valence-electron chi connectivity index (χ3n) is 3.96. The summed E-state index contributed by atoms with van der Waals surface area (Å²) in [4.78, 5) is 38.5. The lowest BCUT2D eigenvalue weighted by Gasteiger charge is -2.22. The van der Waals surface area contributed by atoms with E-state index in [1.807, 2.05) is 0 Å². The Bertz CT molecular complexity index is 598. The SMILES string of the molecule is NC(=O)Cc1csc(NC(=O)CCCNC(=O)NC2CCCCC2)n1. The number of carbonyl (C=O) groups excluding carboxylic acids is 3. The lowest BCUT2D eigenvalue weighted by Crippen LogP contribution is -2.43. The molecule has 0 aromatic carbocycles. The molecule has 1 saturated carbocycles. The second kappa shape index (κ2) is 9.97. The minimum atomic E-state index is -0.458. The third-order valence-corrected chi connectivity index (χ3v) is 4.77. The van der Waals surface area contributed by atoms with Crippen molar-refractivity contribution in [2.45, 2.75) is 57.4 Å². The monoisotopic (exact) mass is 367 g/mol. The number of urea groups is 1. The van der Waals surface area contributed by atoms with E-state index in [1.165, 1.54) is 30.6 Å². The number of carbonyl (C=O) groups is 3. The first-order valence-electron chi connectivity index (χ1n) is 8.60. The maximum absolute atomic E-state index is 11.8. The van der Waals surface area contributed by atoms with Crippen LogP contribution in [0.25, 0.3) is 0 Å². The fraction of sp³-hybridized carbons (Fsp3) is 0.625. The molecule has 0 radical (unpaired) electrons. The lowest BCUT2D eigenvalue weighted by atomic mass is 9.96. The highest BCUT2D eigenvalue weighted by atomic mass is 32.1. The van der Waals surface area contributed by atoms with E-state index in [1.54, 1.807) is 5.38 Å². The van der Waals surface area contributed by atoms with E-state index in [4.69, 9.17) is 5.73 Å². The molecule has 8 nitrogen and oxygen atoms in total. The average Bonchev–Trinajstić information content (AvgIpc) is 2.98. The van der Waals surface area contributed by atoms with Gasteiger partial charge in [-0.2, -0.15) is 0 Å². The molecule has 0 atom stereocenters. The van der Waals surface area contributed by atoms with Gasteiger partial charge < -0.3 is 21.7 Å². The van der Waals surface area contributed by atoms with Crippen molar-refractivity contribution in [3.8, 4) is 0 Å². The zero-order valence-electron chi connectivity index (χ0n) is 14.2. The number of amides is 4. The van der Waals surface area contributed by atoms with E-state index in [9.17, 15) is 14.4 Å². The highest BCUT2D eigenvalue weighted by molar-refractivity contribution is 7.13. The summed E-state index contributed by atoms with van der Waals surface area (Å²) >= 11 is 1.25. The number of hydrogen-bond acceptors (Lipinski definition) is 5. The van der Waals surface area contributed by atoms with Crippen LogP contribution in [0.1, 0.15) is 50.6 Å². The molecule has 1 aliphatic carbocycles. The fourth-order valence-electron chi connectivity index (χ4n) is 2.74. The van der Waals surface area contributed by atoms with Gasteiger partial charge in [-0.15, -0.1) is 11.3 Å². The first-order chi connectivity index (χ1) is 12.0. The molecule has 4 amide bonds. The molecule has 0 bridgehead atoms. The van der Waals surface area contributed by atoms with Crippen LogP contribution in [0, 0.1) is 0 Å². The van der Waals surface area contributed by atoms with Crippen molar-refractivity contribution >= 4 is 34.3 Å². The number of nitrogens with one attached hydrogen (secondary N) is 3. The average molecular weight is 367 g/mol. The smallest absolute Gasteiger partial charge is 0.315 e. The van der Waals surface area contributed by atoms with Gasteiger partial charge in [-0.25, -0.2) is 9.78 Å². The molecule has 25 heavy (non-hydrogen) atoms. The molecular formula is C16H25N5O3S. The van der Waals surface area contributed by atoms with Gasteiger partial charge in [0.25, 0.3) is 0 Å². The summed E-state index contributed by atoms with van der Waals surface area (Å²) in [5.74, 6) is -0.629. The van der Waals surface area contributed by atoms with Crippen LogP contribution in [0.2, 0.25) is 0 Å². The molecule has 1 fully saturated rings. The zero-order chi connectivity index (χ0) is 18.1. The molecule has 1 aromatic heterocycles. The number of nitrogens with zero attached hydrogens (tertiary/aromatic N) is 1. The van der Waals surface area contributed by atoms with Crippen molar-refractivity contribution in [1.82, 2.24) is 15.6 Å². The van der Waals surface area contributed by atoms with E-state index in [0.29, 0.717) is 23.8 Å². The predicted octanol–water partition coefficient (Wildman–Crippen LogP) is 1.52. The molecule has 0 aliphatic heterocycles. The molecule has 1 aromatic rings. The molecule has 0 saturated heterocycles. The first-order valence-corrected chi connectivity index (χ1v) is 9.48. The Kier molecular flexibility index (Phi) is 7.65. The highest BCUT2D eigenvalue weighted by Crippen LogP contribution is 2.17. The third kappa shape index (κ3) is 7.51. The van der Waals surface area contributed by atoms with E-state index >= 15 is 0 Å². The standard InChI is InChI=1S/C16H25N5O3S/c17-13(22)9-12-10-25-16(20-12)21-14(23)7-4-8-18-15(24)19-11-5-2-1-3-6-11/h10-11H,1-9H2,(H2,17,22)(H2,18,19,24)(H,20,21,23). The normalized spacial score (nSPS) is 14.7. The Morgan fingerprint density at radius 2 is 2.00 bits per heavy atom. The summed E-state index contributed by atoms with van der Waals surface area (Å²) in [5, 5.41) is 10.6. The van der Waals surface area contributed by atoms with Gasteiger partial charge in [0.05, 0.1) is 12.1 Å². The molecule has 0 unspecified atom stereocenters. The quantitative estimate of drug-likeness (QED) is 0.520. The number of nitrogens with two attached hydrogens (primary N) is 1. The Balaban J connectivity index is 1.57. The van der Waals surface area contributed by atoms with Gasteiger partial charge >= 0.3 is 6.03 Å². The molecule has 0 spiro atoms. The molecule has 1 aliphatic rings. The number of hydrogen-bond donors (Lipinski definition) is 4. The molecule has 2 rings (SSSR count). The predicted molar refractivity (Wildman–Crippen MR) is 96.3 cm³/mol. The van der Waals surface area contributed by atoms with Crippen LogP contribution in [0.15, 0.2) is 5.38 Å². The Morgan fingerprint density at radius 3 is 2.72 bits per heavy atom. The van der Waals surface area contributed by atoms with Gasteiger partial charge in [-0.05, 0) is 19.3 Å². The van der Waals surface area contributed by atoms with Gasteiger partial charge in [-0.1, -0.05) is 19.3 Å². The number of rotatable bonds is 8. The molecular weight excluding hydrogens is 342 g/mol. The van der Waals surface area contributed by atoms with Crippen molar-refractivity contribution in [2.75, 3.05) is 11.9 Å². The van der Waals surface area contributed by atoms with Crippen molar-refractivity contribution in [1.29, 1.82) is 0 Å². The summed E-state index contributed by atoms with van der Waals surface area (Å²) in [5.41, 5.74) is 5.65. The minimum absolute atomic E-state index is 0.0619. The lowest BCUT2D eigenvalue weighted by molar-refractivity contribution is -0.117. The topological polar surface area (TPSA) is 126 Å². The Hall–Kier alpha value is -2.16. The first kappa shape index (κ1) is 19.2. The van der Waals surface area contributed by atoms with Crippen LogP contribution < -0.4 is 21.7 Å². The van der Waals surface area contributed by atoms with Gasteiger partial charge in [-0.3, -0.25) is 9.59 Å². The molecule has 5 N–H and O–H groups in total. The van der Waals surface area contributed by atoms with Crippen molar-refractivity contribution in [2.24, 2.45) is 5.73 Å². The number of thiazole rings is 1. The summed E-state index contributed by atoms with van der Waals surface area (Å²) in [6, 6.07) is 0.111. The second-order valence-electron chi connectivity index (χ2n) is 6.17.